The molecule has 0 saturated carbocycles. The number of hydrogen-bond acceptors (Lipinski definition) is 5. The van der Waals surface area contributed by atoms with E-state index in [0.29, 0.717) is 19.4 Å². The predicted octanol–water partition coefficient (Wildman–Crippen LogP) is 14.3. The van der Waals surface area contributed by atoms with E-state index in [1.54, 1.807) is 6.08 Å². The second-order valence-corrected chi connectivity index (χ2v) is 16.8. The number of rotatable bonds is 45. The van der Waals surface area contributed by atoms with E-state index in [-0.39, 0.29) is 18.5 Å². The van der Waals surface area contributed by atoms with Crippen LogP contribution < -0.4 is 5.32 Å². The van der Waals surface area contributed by atoms with Crippen LogP contribution in [0.15, 0.2) is 24.3 Å². The topological polar surface area (TPSA) is 95.9 Å². The number of ether oxygens (including phenoxy) is 1. The van der Waals surface area contributed by atoms with Crippen LogP contribution >= 0.6 is 0 Å². The fourth-order valence-electron chi connectivity index (χ4n) is 7.39. The van der Waals surface area contributed by atoms with E-state index in [9.17, 15) is 19.8 Å². The minimum Gasteiger partial charge on any atom is -0.466 e. The van der Waals surface area contributed by atoms with Crippen LogP contribution in [0.4, 0.5) is 0 Å². The van der Waals surface area contributed by atoms with Crippen LogP contribution in [-0.4, -0.2) is 47.4 Å². The molecule has 0 aromatic carbocycles. The minimum absolute atomic E-state index is 0.0104. The molecule has 6 nitrogen and oxygen atoms in total. The average molecular weight is 790 g/mol. The molecule has 0 aromatic heterocycles. The number of hydrogen-bond donors (Lipinski definition) is 3. The highest BCUT2D eigenvalue weighted by atomic mass is 16.5. The zero-order valence-electron chi connectivity index (χ0n) is 37.4. The summed E-state index contributed by atoms with van der Waals surface area (Å²) in [5.74, 6) is -0.0953. The van der Waals surface area contributed by atoms with Crippen molar-refractivity contribution in [3.05, 3.63) is 24.3 Å². The van der Waals surface area contributed by atoms with Gasteiger partial charge in [-0.1, -0.05) is 212 Å². The number of amides is 1. The molecule has 3 N–H and O–H groups in total. The van der Waals surface area contributed by atoms with E-state index < -0.39 is 12.1 Å². The first-order chi connectivity index (χ1) is 27.5. The van der Waals surface area contributed by atoms with Gasteiger partial charge in [0.15, 0.2) is 0 Å². The molecule has 0 saturated heterocycles. The largest absolute Gasteiger partial charge is 0.466 e. The van der Waals surface area contributed by atoms with Crippen molar-refractivity contribution >= 4 is 11.9 Å². The highest BCUT2D eigenvalue weighted by Gasteiger charge is 2.18. The van der Waals surface area contributed by atoms with E-state index in [0.717, 1.165) is 70.6 Å². The van der Waals surface area contributed by atoms with Crippen molar-refractivity contribution in [2.45, 2.75) is 270 Å². The first kappa shape index (κ1) is 54.3. The van der Waals surface area contributed by atoms with E-state index >= 15 is 0 Å². The average Bonchev–Trinajstić information content (AvgIpc) is 3.20. The van der Waals surface area contributed by atoms with Crippen molar-refractivity contribution in [1.29, 1.82) is 0 Å². The molecule has 1 amide bonds. The van der Waals surface area contributed by atoms with Gasteiger partial charge in [0.1, 0.15) is 0 Å². The van der Waals surface area contributed by atoms with E-state index in [1.807, 2.05) is 6.08 Å². The zero-order chi connectivity index (χ0) is 40.8. The Morgan fingerprint density at radius 1 is 0.482 bits per heavy atom. The Morgan fingerprint density at radius 3 is 1.27 bits per heavy atom. The molecule has 2 atom stereocenters. The van der Waals surface area contributed by atoms with Crippen LogP contribution in [0.5, 0.6) is 0 Å². The smallest absolute Gasteiger partial charge is 0.305 e. The lowest BCUT2D eigenvalue weighted by Gasteiger charge is -2.20. The summed E-state index contributed by atoms with van der Waals surface area (Å²) in [5, 5.41) is 22.9. The van der Waals surface area contributed by atoms with Crippen molar-refractivity contribution in [2.24, 2.45) is 0 Å². The highest BCUT2D eigenvalue weighted by molar-refractivity contribution is 5.76. The number of aliphatic hydroxyl groups is 2. The molecule has 56 heavy (non-hydrogen) atoms. The molecule has 0 radical (unpaired) electrons. The first-order valence-corrected chi connectivity index (χ1v) is 24.6. The van der Waals surface area contributed by atoms with Gasteiger partial charge < -0.3 is 20.3 Å². The fraction of sp³-hybridized carbons (Fsp3) is 0.880. The third kappa shape index (κ3) is 42.0. The predicted molar refractivity (Wildman–Crippen MR) is 241 cm³/mol. The normalized spacial score (nSPS) is 12.9. The Hall–Kier alpha value is -1.66. The summed E-state index contributed by atoms with van der Waals surface area (Å²) in [4.78, 5) is 24.4. The molecule has 6 heteroatoms. The number of carbonyl (C=O) groups excluding carboxylic acids is 2. The summed E-state index contributed by atoms with van der Waals surface area (Å²) in [6.45, 7) is 4.85. The van der Waals surface area contributed by atoms with Gasteiger partial charge in [0, 0.05) is 12.8 Å². The van der Waals surface area contributed by atoms with Crippen LogP contribution in [0.25, 0.3) is 0 Å². The van der Waals surface area contributed by atoms with Gasteiger partial charge in [0.05, 0.1) is 25.4 Å². The molecule has 0 aliphatic heterocycles. The molecule has 0 heterocycles. The van der Waals surface area contributed by atoms with Crippen molar-refractivity contribution in [1.82, 2.24) is 5.32 Å². The Kier molecular flexibility index (Phi) is 44.7. The number of nitrogens with one attached hydrogen (secondary N) is 1. The maximum absolute atomic E-state index is 12.4. The minimum atomic E-state index is -0.852. The van der Waals surface area contributed by atoms with Gasteiger partial charge in [-0.3, -0.25) is 9.59 Å². The fourth-order valence-corrected chi connectivity index (χ4v) is 7.39. The van der Waals surface area contributed by atoms with E-state index in [1.165, 1.54) is 161 Å². The standard InChI is InChI=1S/C50H95NO5/c1-3-5-7-9-11-13-15-19-24-28-32-36-40-44-50(55)56-45-41-37-33-29-25-21-18-16-17-20-23-27-31-35-39-43-49(54)51-47(46-52)48(53)42-38-34-30-26-22-14-12-10-8-6-4-2/h18,21,38,42,47-48,52-53H,3-17,19-20,22-37,39-41,43-46H2,1-2H3,(H,51,54)/b21-18-,42-38+. The molecule has 0 aliphatic rings. The van der Waals surface area contributed by atoms with Gasteiger partial charge in [-0.2, -0.15) is 0 Å². The number of esters is 1. The molecule has 0 aromatic rings. The van der Waals surface area contributed by atoms with Gasteiger partial charge in [-0.25, -0.2) is 0 Å². The molecule has 0 spiro atoms. The number of carbonyl (C=O) groups is 2. The number of aliphatic hydroxyl groups excluding tert-OH is 2. The quantitative estimate of drug-likeness (QED) is 0.0324. The van der Waals surface area contributed by atoms with Crippen molar-refractivity contribution in [3.63, 3.8) is 0 Å². The summed E-state index contributed by atoms with van der Waals surface area (Å²) < 4.78 is 5.44. The summed E-state index contributed by atoms with van der Waals surface area (Å²) >= 11 is 0. The van der Waals surface area contributed by atoms with Crippen molar-refractivity contribution in [2.75, 3.05) is 13.2 Å². The lowest BCUT2D eigenvalue weighted by molar-refractivity contribution is -0.143. The van der Waals surface area contributed by atoms with E-state index in [2.05, 4.69) is 31.3 Å². The van der Waals surface area contributed by atoms with Crippen LogP contribution in [-0.2, 0) is 14.3 Å². The Bertz CT molecular complexity index is 874. The molecule has 0 aliphatic carbocycles. The Labute approximate surface area is 348 Å². The van der Waals surface area contributed by atoms with Crippen LogP contribution in [0.1, 0.15) is 258 Å². The van der Waals surface area contributed by atoms with Crippen LogP contribution in [0.2, 0.25) is 0 Å². The molecule has 330 valence electrons. The Morgan fingerprint density at radius 2 is 0.839 bits per heavy atom. The zero-order valence-corrected chi connectivity index (χ0v) is 37.4. The monoisotopic (exact) mass is 790 g/mol. The van der Waals surface area contributed by atoms with Crippen molar-refractivity contribution in [3.8, 4) is 0 Å². The molecule has 0 rings (SSSR count). The second-order valence-electron chi connectivity index (χ2n) is 16.8. The maximum atomic E-state index is 12.4. The molecule has 2 unspecified atom stereocenters. The summed E-state index contributed by atoms with van der Waals surface area (Å²) in [7, 11) is 0. The summed E-state index contributed by atoms with van der Waals surface area (Å²) in [6, 6.07) is -0.637. The molecule has 0 bridgehead atoms. The van der Waals surface area contributed by atoms with Crippen LogP contribution in [0.3, 0.4) is 0 Å². The third-order valence-corrected chi connectivity index (χ3v) is 11.2. The number of allylic oxidation sites excluding steroid dienone is 3. The van der Waals surface area contributed by atoms with Gasteiger partial charge in [-0.15, -0.1) is 0 Å². The van der Waals surface area contributed by atoms with Gasteiger partial charge in [0.2, 0.25) is 5.91 Å². The summed E-state index contributed by atoms with van der Waals surface area (Å²) in [6.07, 6.45) is 53.1. The molecular weight excluding hydrogens is 695 g/mol. The SMILES string of the molecule is CCCCCCCCCCC/C=C/C(O)C(CO)NC(=O)CCCCCCCCC/C=C\CCCCCCOC(=O)CCCCCCCCCCCCCCC. The van der Waals surface area contributed by atoms with Crippen molar-refractivity contribution < 1.29 is 24.5 Å². The van der Waals surface area contributed by atoms with Gasteiger partial charge in [0.25, 0.3) is 0 Å². The van der Waals surface area contributed by atoms with Gasteiger partial charge >= 0.3 is 5.97 Å². The Balaban J connectivity index is 3.49. The van der Waals surface area contributed by atoms with Gasteiger partial charge in [-0.05, 0) is 57.8 Å². The lowest BCUT2D eigenvalue weighted by Crippen LogP contribution is -2.45. The van der Waals surface area contributed by atoms with Crippen LogP contribution in [0, 0.1) is 0 Å². The second kappa shape index (κ2) is 46.0. The highest BCUT2D eigenvalue weighted by Crippen LogP contribution is 2.15. The third-order valence-electron chi connectivity index (χ3n) is 11.2. The summed E-state index contributed by atoms with van der Waals surface area (Å²) in [5.41, 5.74) is 0. The number of unbranched alkanes of at least 4 members (excludes halogenated alkanes) is 32. The lowest BCUT2D eigenvalue weighted by atomic mass is 10.0. The molecule has 0 fully saturated rings. The van der Waals surface area contributed by atoms with E-state index in [4.69, 9.17) is 4.74 Å². The first-order valence-electron chi connectivity index (χ1n) is 24.6. The molecular formula is C50H95NO5. The maximum Gasteiger partial charge on any atom is 0.305 e.